The molecule has 1 aromatic rings. The number of aliphatic hydroxyl groups is 1. The van der Waals surface area contributed by atoms with Crippen LogP contribution in [0.15, 0.2) is 30.3 Å². The van der Waals surface area contributed by atoms with Gasteiger partial charge in [0.15, 0.2) is 0 Å². The fourth-order valence-corrected chi connectivity index (χ4v) is 1.82. The Morgan fingerprint density at radius 1 is 1.29 bits per heavy atom. The van der Waals surface area contributed by atoms with E-state index in [1.807, 2.05) is 18.2 Å². The van der Waals surface area contributed by atoms with E-state index in [9.17, 15) is 13.5 Å². The molecule has 0 aromatic heterocycles. The van der Waals surface area contributed by atoms with E-state index in [1.54, 1.807) is 12.1 Å². The molecule has 1 atom stereocenters. The molecule has 0 radical (unpaired) electrons. The summed E-state index contributed by atoms with van der Waals surface area (Å²) < 4.78 is 21.7. The van der Waals surface area contributed by atoms with E-state index in [-0.39, 0.29) is 12.2 Å². The van der Waals surface area contributed by atoms with Crippen LogP contribution in [0.2, 0.25) is 0 Å². The van der Waals surface area contributed by atoms with Crippen molar-refractivity contribution in [2.45, 2.75) is 12.5 Å². The Bertz CT molecular complexity index is 370. The Hall–Kier alpha value is -0.870. The summed E-state index contributed by atoms with van der Waals surface area (Å²) in [7, 11) is -2.99. The summed E-state index contributed by atoms with van der Waals surface area (Å²) >= 11 is 0. The minimum atomic E-state index is -2.99. The normalized spacial score (nSPS) is 13.9. The zero-order valence-corrected chi connectivity index (χ0v) is 8.87. The molecular formula is C10H14O3S. The second kappa shape index (κ2) is 4.57. The number of sulfone groups is 1. The lowest BCUT2D eigenvalue weighted by Crippen LogP contribution is -2.08. The lowest BCUT2D eigenvalue weighted by Gasteiger charge is -2.09. The van der Waals surface area contributed by atoms with Crippen molar-refractivity contribution in [3.63, 3.8) is 0 Å². The lowest BCUT2D eigenvalue weighted by molar-refractivity contribution is 0.174. The smallest absolute Gasteiger partial charge is 0.147 e. The first-order valence-electron chi connectivity index (χ1n) is 4.40. The van der Waals surface area contributed by atoms with Crippen LogP contribution < -0.4 is 0 Å². The summed E-state index contributed by atoms with van der Waals surface area (Å²) in [5, 5.41) is 9.62. The van der Waals surface area contributed by atoms with E-state index in [0.29, 0.717) is 0 Å². The van der Waals surface area contributed by atoms with Gasteiger partial charge in [-0.1, -0.05) is 30.3 Å². The number of hydrogen-bond acceptors (Lipinski definition) is 3. The molecule has 0 aliphatic carbocycles. The van der Waals surface area contributed by atoms with Gasteiger partial charge in [-0.3, -0.25) is 0 Å². The van der Waals surface area contributed by atoms with Crippen LogP contribution in [-0.2, 0) is 9.84 Å². The van der Waals surface area contributed by atoms with Crippen LogP contribution in [0.3, 0.4) is 0 Å². The quantitative estimate of drug-likeness (QED) is 0.818. The summed E-state index contributed by atoms with van der Waals surface area (Å²) in [6.45, 7) is 0. The third kappa shape index (κ3) is 3.89. The second-order valence-electron chi connectivity index (χ2n) is 3.35. The van der Waals surface area contributed by atoms with Crippen molar-refractivity contribution < 1.29 is 13.5 Å². The summed E-state index contributed by atoms with van der Waals surface area (Å²) in [5.41, 5.74) is 0.760. The first-order valence-corrected chi connectivity index (χ1v) is 6.46. The van der Waals surface area contributed by atoms with Gasteiger partial charge in [0.2, 0.25) is 0 Å². The van der Waals surface area contributed by atoms with E-state index >= 15 is 0 Å². The molecular weight excluding hydrogens is 200 g/mol. The third-order valence-electron chi connectivity index (χ3n) is 1.95. The topological polar surface area (TPSA) is 54.4 Å². The largest absolute Gasteiger partial charge is 0.388 e. The number of benzene rings is 1. The molecule has 0 bridgehead atoms. The molecule has 0 amide bonds. The Balaban J connectivity index is 2.56. The van der Waals surface area contributed by atoms with Crippen LogP contribution >= 0.6 is 0 Å². The van der Waals surface area contributed by atoms with Crippen LogP contribution in [0.25, 0.3) is 0 Å². The highest BCUT2D eigenvalue weighted by Crippen LogP contribution is 2.16. The van der Waals surface area contributed by atoms with Gasteiger partial charge in [0, 0.05) is 6.26 Å². The van der Waals surface area contributed by atoms with E-state index in [2.05, 4.69) is 0 Å². The number of rotatable bonds is 4. The molecule has 0 aliphatic heterocycles. The standard InChI is InChI=1S/C10H14O3S/c1-14(12,13)8-7-10(11)9-5-3-2-4-6-9/h2-6,10-11H,7-8H2,1H3. The number of hydrogen-bond donors (Lipinski definition) is 1. The molecule has 0 heterocycles. The van der Waals surface area contributed by atoms with Gasteiger partial charge in [0.05, 0.1) is 11.9 Å². The summed E-state index contributed by atoms with van der Waals surface area (Å²) in [5.74, 6) is 0.0169. The maximum absolute atomic E-state index is 10.9. The van der Waals surface area contributed by atoms with E-state index in [4.69, 9.17) is 0 Å². The average Bonchev–Trinajstić information content (AvgIpc) is 2.14. The van der Waals surface area contributed by atoms with Crippen molar-refractivity contribution in [3.05, 3.63) is 35.9 Å². The first kappa shape index (κ1) is 11.2. The van der Waals surface area contributed by atoms with Gasteiger partial charge in [-0.15, -0.1) is 0 Å². The molecule has 4 heteroatoms. The van der Waals surface area contributed by atoms with Crippen molar-refractivity contribution in [1.29, 1.82) is 0 Å². The molecule has 1 rings (SSSR count). The molecule has 0 saturated heterocycles. The molecule has 0 fully saturated rings. The maximum atomic E-state index is 10.9. The van der Waals surface area contributed by atoms with Gasteiger partial charge in [-0.2, -0.15) is 0 Å². The molecule has 0 aliphatic rings. The molecule has 78 valence electrons. The highest BCUT2D eigenvalue weighted by atomic mass is 32.2. The lowest BCUT2D eigenvalue weighted by atomic mass is 10.1. The van der Waals surface area contributed by atoms with Crippen molar-refractivity contribution in [2.24, 2.45) is 0 Å². The highest BCUT2D eigenvalue weighted by Gasteiger charge is 2.10. The maximum Gasteiger partial charge on any atom is 0.147 e. The summed E-state index contributed by atoms with van der Waals surface area (Å²) in [4.78, 5) is 0. The Morgan fingerprint density at radius 3 is 2.36 bits per heavy atom. The predicted octanol–water partition coefficient (Wildman–Crippen LogP) is 1.15. The van der Waals surface area contributed by atoms with Crippen LogP contribution in [-0.4, -0.2) is 25.5 Å². The van der Waals surface area contributed by atoms with Crippen molar-refractivity contribution >= 4 is 9.84 Å². The minimum Gasteiger partial charge on any atom is -0.388 e. The first-order chi connectivity index (χ1) is 6.49. The SMILES string of the molecule is CS(=O)(=O)CCC(O)c1ccccc1. The fraction of sp³-hybridized carbons (Fsp3) is 0.400. The summed E-state index contributed by atoms with van der Waals surface area (Å²) in [6, 6.07) is 9.06. The zero-order valence-electron chi connectivity index (χ0n) is 8.05. The minimum absolute atomic E-state index is 0.0169. The molecule has 0 spiro atoms. The van der Waals surface area contributed by atoms with Gasteiger partial charge < -0.3 is 5.11 Å². The Labute approximate surface area is 84.3 Å². The number of aliphatic hydroxyl groups excluding tert-OH is 1. The third-order valence-corrected chi connectivity index (χ3v) is 2.92. The monoisotopic (exact) mass is 214 g/mol. The van der Waals surface area contributed by atoms with E-state index < -0.39 is 15.9 Å². The average molecular weight is 214 g/mol. The van der Waals surface area contributed by atoms with Crippen molar-refractivity contribution in [3.8, 4) is 0 Å². The van der Waals surface area contributed by atoms with Gasteiger partial charge in [0.25, 0.3) is 0 Å². The molecule has 14 heavy (non-hydrogen) atoms. The van der Waals surface area contributed by atoms with Crippen LogP contribution in [0.1, 0.15) is 18.1 Å². The fourth-order valence-electron chi connectivity index (χ4n) is 1.17. The van der Waals surface area contributed by atoms with E-state index in [1.165, 1.54) is 6.26 Å². The van der Waals surface area contributed by atoms with Gasteiger partial charge in [0.1, 0.15) is 9.84 Å². The molecule has 1 unspecified atom stereocenters. The highest BCUT2D eigenvalue weighted by molar-refractivity contribution is 7.90. The second-order valence-corrected chi connectivity index (χ2v) is 5.60. The van der Waals surface area contributed by atoms with Crippen LogP contribution in [0.4, 0.5) is 0 Å². The molecule has 0 saturated carbocycles. The van der Waals surface area contributed by atoms with Crippen LogP contribution in [0, 0.1) is 0 Å². The molecule has 3 nitrogen and oxygen atoms in total. The van der Waals surface area contributed by atoms with Crippen molar-refractivity contribution in [1.82, 2.24) is 0 Å². The Morgan fingerprint density at radius 2 is 1.86 bits per heavy atom. The Kier molecular flexibility index (Phi) is 3.66. The zero-order chi connectivity index (χ0) is 10.6. The predicted molar refractivity (Wildman–Crippen MR) is 55.7 cm³/mol. The summed E-state index contributed by atoms with van der Waals surface area (Å²) in [6.07, 6.45) is 0.735. The van der Waals surface area contributed by atoms with E-state index in [0.717, 1.165) is 5.56 Å². The van der Waals surface area contributed by atoms with Gasteiger partial charge >= 0.3 is 0 Å². The molecule has 1 aromatic carbocycles. The van der Waals surface area contributed by atoms with Crippen molar-refractivity contribution in [2.75, 3.05) is 12.0 Å². The molecule has 1 N–H and O–H groups in total. The van der Waals surface area contributed by atoms with Gasteiger partial charge in [-0.25, -0.2) is 8.42 Å². The van der Waals surface area contributed by atoms with Gasteiger partial charge in [-0.05, 0) is 12.0 Å². The van der Waals surface area contributed by atoms with Crippen LogP contribution in [0.5, 0.6) is 0 Å².